The number of hydrogen-bond acceptors (Lipinski definition) is 8. The lowest BCUT2D eigenvalue weighted by molar-refractivity contribution is -0.150. The minimum absolute atomic E-state index is 0.106. The second-order valence-electron chi connectivity index (χ2n) is 15.3. The molecule has 0 aliphatic heterocycles. The SMILES string of the molecule is CC(S)CC(=O)OC(C)COc1cc(C2(c3ccc(-c4ccccc4)c(OCC(C)OC(=O)CC(C)S)c3)c3ccccc3-c3ccccc32)ccc1-c1ccccc1. The molecule has 4 atom stereocenters. The van der Waals surface area contributed by atoms with E-state index in [1.165, 1.54) is 0 Å². The van der Waals surface area contributed by atoms with Gasteiger partial charge in [0.15, 0.2) is 0 Å². The average Bonchev–Trinajstić information content (AvgIpc) is 3.53. The lowest BCUT2D eigenvalue weighted by Gasteiger charge is -2.35. The fourth-order valence-corrected chi connectivity index (χ4v) is 8.29. The van der Waals surface area contributed by atoms with E-state index in [1.807, 2.05) is 64.1 Å². The van der Waals surface area contributed by atoms with Crippen LogP contribution in [-0.4, -0.2) is 47.9 Å². The van der Waals surface area contributed by atoms with Crippen LogP contribution in [0.25, 0.3) is 33.4 Å². The van der Waals surface area contributed by atoms with Crippen molar-refractivity contribution in [1.29, 1.82) is 0 Å². The largest absolute Gasteiger partial charge is 0.489 e. The molecule has 0 amide bonds. The summed E-state index contributed by atoms with van der Waals surface area (Å²) in [6, 6.07) is 50.4. The monoisotopic (exact) mass is 822 g/mol. The maximum atomic E-state index is 12.6. The van der Waals surface area contributed by atoms with Crippen LogP contribution in [0.15, 0.2) is 146 Å². The molecular formula is C51H50O6S2. The van der Waals surface area contributed by atoms with E-state index in [9.17, 15) is 9.59 Å². The molecule has 0 saturated carbocycles. The van der Waals surface area contributed by atoms with Crippen molar-refractivity contribution in [1.82, 2.24) is 0 Å². The Morgan fingerprint density at radius 2 is 0.864 bits per heavy atom. The number of thiol groups is 2. The van der Waals surface area contributed by atoms with E-state index in [0.717, 1.165) is 55.6 Å². The fourth-order valence-electron chi connectivity index (χ4n) is 8.00. The van der Waals surface area contributed by atoms with Crippen LogP contribution in [0.3, 0.4) is 0 Å². The van der Waals surface area contributed by atoms with Crippen LogP contribution in [0.5, 0.6) is 11.5 Å². The maximum Gasteiger partial charge on any atom is 0.307 e. The first-order valence-electron chi connectivity index (χ1n) is 20.1. The van der Waals surface area contributed by atoms with E-state index in [1.54, 1.807) is 0 Å². The summed E-state index contributed by atoms with van der Waals surface area (Å²) in [7, 11) is 0. The lowest BCUT2D eigenvalue weighted by Crippen LogP contribution is -2.29. The van der Waals surface area contributed by atoms with Crippen molar-refractivity contribution in [3.8, 4) is 44.9 Å². The zero-order valence-electron chi connectivity index (χ0n) is 33.8. The molecule has 0 N–H and O–H groups in total. The molecule has 0 saturated heterocycles. The Balaban J connectivity index is 1.39. The topological polar surface area (TPSA) is 71.1 Å². The van der Waals surface area contributed by atoms with Gasteiger partial charge in [0.05, 0.1) is 18.3 Å². The molecule has 6 aromatic carbocycles. The molecule has 4 unspecified atom stereocenters. The molecule has 0 bridgehead atoms. The zero-order valence-corrected chi connectivity index (χ0v) is 35.6. The third-order valence-electron chi connectivity index (χ3n) is 10.5. The Labute approximate surface area is 358 Å². The molecule has 7 rings (SSSR count). The summed E-state index contributed by atoms with van der Waals surface area (Å²) in [6.45, 7) is 7.75. The molecule has 6 aromatic rings. The van der Waals surface area contributed by atoms with Crippen molar-refractivity contribution in [2.75, 3.05) is 13.2 Å². The summed E-state index contributed by atoms with van der Waals surface area (Å²) in [4.78, 5) is 25.1. The molecule has 1 aliphatic rings. The second kappa shape index (κ2) is 18.6. The Morgan fingerprint density at radius 1 is 0.492 bits per heavy atom. The van der Waals surface area contributed by atoms with Crippen LogP contribution in [0.4, 0.5) is 0 Å². The summed E-state index contributed by atoms with van der Waals surface area (Å²) in [5.41, 5.74) is 9.60. The van der Waals surface area contributed by atoms with Gasteiger partial charge in [0.25, 0.3) is 0 Å². The van der Waals surface area contributed by atoms with Crippen LogP contribution < -0.4 is 9.47 Å². The van der Waals surface area contributed by atoms with Crippen LogP contribution in [0, 0.1) is 0 Å². The van der Waals surface area contributed by atoms with Gasteiger partial charge in [-0.2, -0.15) is 25.3 Å². The first kappa shape index (κ1) is 41.7. The van der Waals surface area contributed by atoms with Gasteiger partial charge in [0.2, 0.25) is 0 Å². The predicted molar refractivity (Wildman–Crippen MR) is 243 cm³/mol. The van der Waals surface area contributed by atoms with Crippen LogP contribution >= 0.6 is 25.3 Å². The van der Waals surface area contributed by atoms with Crippen molar-refractivity contribution in [2.45, 2.75) is 68.7 Å². The molecule has 0 fully saturated rings. The first-order valence-corrected chi connectivity index (χ1v) is 21.2. The molecule has 8 heteroatoms. The number of fused-ring (bicyclic) bond motifs is 3. The fraction of sp³-hybridized carbons (Fsp3) is 0.255. The van der Waals surface area contributed by atoms with Gasteiger partial charge < -0.3 is 18.9 Å². The van der Waals surface area contributed by atoms with Gasteiger partial charge in [0.1, 0.15) is 36.9 Å². The zero-order chi connectivity index (χ0) is 41.5. The van der Waals surface area contributed by atoms with Gasteiger partial charge in [0, 0.05) is 21.6 Å². The summed E-state index contributed by atoms with van der Waals surface area (Å²) in [6.07, 6.45) is -0.546. The number of ether oxygens (including phenoxy) is 4. The Hall–Kier alpha value is -5.44. The lowest BCUT2D eigenvalue weighted by atomic mass is 9.67. The van der Waals surface area contributed by atoms with Crippen molar-refractivity contribution in [2.24, 2.45) is 0 Å². The van der Waals surface area contributed by atoms with Gasteiger partial charge >= 0.3 is 11.9 Å². The summed E-state index contributed by atoms with van der Waals surface area (Å²) in [5.74, 6) is 0.721. The highest BCUT2D eigenvalue weighted by atomic mass is 32.1. The van der Waals surface area contributed by atoms with E-state index < -0.39 is 17.6 Å². The number of carbonyl (C=O) groups is 2. The third-order valence-corrected chi connectivity index (χ3v) is 10.9. The summed E-state index contributed by atoms with van der Waals surface area (Å²) in [5, 5.41) is -0.211. The van der Waals surface area contributed by atoms with E-state index in [4.69, 9.17) is 18.9 Å². The van der Waals surface area contributed by atoms with Crippen LogP contribution in [0.2, 0.25) is 0 Å². The predicted octanol–water partition coefficient (Wildman–Crippen LogP) is 11.4. The maximum absolute atomic E-state index is 12.6. The quantitative estimate of drug-likeness (QED) is 0.0747. The number of hydrogen-bond donors (Lipinski definition) is 2. The molecular weight excluding hydrogens is 773 g/mol. The highest BCUT2D eigenvalue weighted by molar-refractivity contribution is 7.81. The molecule has 0 radical (unpaired) electrons. The summed E-state index contributed by atoms with van der Waals surface area (Å²) < 4.78 is 24.8. The van der Waals surface area contributed by atoms with Gasteiger partial charge in [-0.15, -0.1) is 0 Å². The smallest absolute Gasteiger partial charge is 0.307 e. The number of esters is 2. The van der Waals surface area contributed by atoms with E-state index in [2.05, 4.69) is 134 Å². The molecule has 59 heavy (non-hydrogen) atoms. The molecule has 302 valence electrons. The molecule has 0 aromatic heterocycles. The highest BCUT2D eigenvalue weighted by Crippen LogP contribution is 2.57. The average molecular weight is 823 g/mol. The van der Waals surface area contributed by atoms with E-state index in [-0.39, 0.29) is 48.5 Å². The van der Waals surface area contributed by atoms with Crippen molar-refractivity contribution in [3.63, 3.8) is 0 Å². The van der Waals surface area contributed by atoms with Gasteiger partial charge in [-0.05, 0) is 70.5 Å². The van der Waals surface area contributed by atoms with Crippen LogP contribution in [-0.2, 0) is 24.5 Å². The Kier molecular flexibility index (Phi) is 13.2. The standard InChI is InChI=1S/C51H50O6S2/c1-33(56-49(52)27-35(3)58)31-54-47-29-39(23-25-41(47)37-15-7-5-8-16-37)51(45-21-13-11-19-43(45)44-20-12-14-22-46(44)51)40-24-26-42(38-17-9-6-10-18-38)48(30-40)55-32-34(2)57-50(53)28-36(4)59/h5-26,29-30,33-36,58-59H,27-28,31-32H2,1-4H3. The highest BCUT2D eigenvalue weighted by Gasteiger charge is 2.46. The Morgan fingerprint density at radius 3 is 1.25 bits per heavy atom. The number of benzene rings is 6. The van der Waals surface area contributed by atoms with E-state index >= 15 is 0 Å². The minimum atomic E-state index is -0.796. The Bertz CT molecular complexity index is 2230. The molecule has 6 nitrogen and oxygen atoms in total. The molecule has 0 spiro atoms. The molecule has 1 aliphatic carbocycles. The van der Waals surface area contributed by atoms with Gasteiger partial charge in [-0.25, -0.2) is 0 Å². The van der Waals surface area contributed by atoms with Gasteiger partial charge in [-0.3, -0.25) is 9.59 Å². The second-order valence-corrected chi connectivity index (χ2v) is 17.1. The van der Waals surface area contributed by atoms with Crippen LogP contribution in [0.1, 0.15) is 62.8 Å². The first-order chi connectivity index (χ1) is 28.5. The van der Waals surface area contributed by atoms with Crippen molar-refractivity contribution < 1.29 is 28.5 Å². The summed E-state index contributed by atoms with van der Waals surface area (Å²) >= 11 is 8.73. The normalized spacial score (nSPS) is 14.5. The number of carbonyl (C=O) groups excluding carboxylic acids is 2. The number of rotatable bonds is 16. The third kappa shape index (κ3) is 9.24. The van der Waals surface area contributed by atoms with Gasteiger partial charge in [-0.1, -0.05) is 147 Å². The van der Waals surface area contributed by atoms with E-state index in [0.29, 0.717) is 11.5 Å². The molecule has 0 heterocycles. The minimum Gasteiger partial charge on any atom is -0.489 e. The van der Waals surface area contributed by atoms with Crippen molar-refractivity contribution in [3.05, 3.63) is 168 Å². The van der Waals surface area contributed by atoms with Crippen molar-refractivity contribution >= 4 is 37.2 Å².